The van der Waals surface area contributed by atoms with Crippen molar-refractivity contribution < 1.29 is 13.2 Å². The lowest BCUT2D eigenvalue weighted by Crippen LogP contribution is -2.38. The van der Waals surface area contributed by atoms with E-state index in [1.807, 2.05) is 19.9 Å². The number of aromatic amines is 1. The number of guanidine groups is 1. The van der Waals surface area contributed by atoms with Gasteiger partial charge in [0.1, 0.15) is 0 Å². The van der Waals surface area contributed by atoms with Crippen LogP contribution in [0.5, 0.6) is 0 Å². The highest BCUT2D eigenvalue weighted by Gasteiger charge is 2.30. The van der Waals surface area contributed by atoms with Crippen LogP contribution in [-0.4, -0.2) is 29.2 Å². The first-order valence-corrected chi connectivity index (χ1v) is 8.57. The molecule has 3 N–H and O–H groups in total. The molecule has 0 spiro atoms. The number of nitrogens with zero attached hydrogens (tertiary/aromatic N) is 2. The molecule has 1 aromatic heterocycles. The molecule has 0 fully saturated rings. The number of benzene rings is 1. The molecule has 8 heteroatoms. The number of H-pyrrole nitrogens is 1. The minimum Gasteiger partial charge on any atom is -0.357 e. The first-order chi connectivity index (χ1) is 12.4. The van der Waals surface area contributed by atoms with Crippen LogP contribution >= 0.6 is 0 Å². The van der Waals surface area contributed by atoms with Crippen molar-refractivity contribution >= 4 is 5.96 Å². The second-order valence-electron chi connectivity index (χ2n) is 6.02. The SMILES string of the molecule is CCNC(=NCc1ccn[nH]1)NCCC(C)c1cccc(C(F)(F)F)c1. The number of hydrogen-bond acceptors (Lipinski definition) is 2. The minimum atomic E-state index is -4.31. The number of aromatic nitrogens is 2. The van der Waals surface area contributed by atoms with Crippen LogP contribution in [0.15, 0.2) is 41.5 Å². The Morgan fingerprint density at radius 1 is 1.27 bits per heavy atom. The van der Waals surface area contributed by atoms with Crippen molar-refractivity contribution in [3.8, 4) is 0 Å². The van der Waals surface area contributed by atoms with Gasteiger partial charge in [-0.15, -0.1) is 0 Å². The van der Waals surface area contributed by atoms with E-state index in [0.717, 1.165) is 18.3 Å². The average Bonchev–Trinajstić information content (AvgIpc) is 3.12. The lowest BCUT2D eigenvalue weighted by Gasteiger charge is -2.16. The molecule has 0 radical (unpaired) electrons. The van der Waals surface area contributed by atoms with E-state index in [1.165, 1.54) is 12.1 Å². The van der Waals surface area contributed by atoms with Crippen molar-refractivity contribution in [2.45, 2.75) is 38.9 Å². The standard InChI is InChI=1S/C18H24F3N5/c1-3-22-17(24-12-16-8-10-25-26-16)23-9-7-13(2)14-5-4-6-15(11-14)18(19,20)21/h4-6,8,10-11,13H,3,7,9,12H2,1-2H3,(H,25,26)(H2,22,23,24). The summed E-state index contributed by atoms with van der Waals surface area (Å²) in [5.74, 6) is 0.665. The molecular weight excluding hydrogens is 343 g/mol. The second-order valence-corrected chi connectivity index (χ2v) is 6.02. The van der Waals surface area contributed by atoms with Gasteiger partial charge in [-0.2, -0.15) is 18.3 Å². The third-order valence-electron chi connectivity index (χ3n) is 3.96. The quantitative estimate of drug-likeness (QED) is 0.517. The molecule has 1 atom stereocenters. The number of halogens is 3. The van der Waals surface area contributed by atoms with Crippen molar-refractivity contribution in [1.82, 2.24) is 20.8 Å². The van der Waals surface area contributed by atoms with E-state index in [1.54, 1.807) is 12.3 Å². The highest BCUT2D eigenvalue weighted by atomic mass is 19.4. The van der Waals surface area contributed by atoms with Gasteiger partial charge in [-0.05, 0) is 37.0 Å². The number of nitrogens with one attached hydrogen (secondary N) is 3. The first kappa shape index (κ1) is 19.8. The third-order valence-corrected chi connectivity index (χ3v) is 3.96. The Kier molecular flexibility index (Phi) is 7.06. The monoisotopic (exact) mass is 367 g/mol. The summed E-state index contributed by atoms with van der Waals surface area (Å²) < 4.78 is 38.5. The van der Waals surface area contributed by atoms with Crippen LogP contribution in [0.25, 0.3) is 0 Å². The van der Waals surface area contributed by atoms with Crippen LogP contribution < -0.4 is 10.6 Å². The Balaban J connectivity index is 1.89. The molecule has 2 rings (SSSR count). The molecule has 26 heavy (non-hydrogen) atoms. The van der Waals surface area contributed by atoms with Gasteiger partial charge < -0.3 is 10.6 Å². The summed E-state index contributed by atoms with van der Waals surface area (Å²) in [6.07, 6.45) is -1.96. The molecule has 0 aliphatic heterocycles. The van der Waals surface area contributed by atoms with Gasteiger partial charge >= 0.3 is 6.18 Å². The van der Waals surface area contributed by atoms with E-state index in [9.17, 15) is 13.2 Å². The molecule has 5 nitrogen and oxygen atoms in total. The third kappa shape index (κ3) is 6.09. The van der Waals surface area contributed by atoms with Crippen molar-refractivity contribution in [3.05, 3.63) is 53.3 Å². The van der Waals surface area contributed by atoms with Gasteiger partial charge in [0.2, 0.25) is 0 Å². The van der Waals surface area contributed by atoms with E-state index in [0.29, 0.717) is 31.0 Å². The maximum absolute atomic E-state index is 12.8. The van der Waals surface area contributed by atoms with E-state index in [-0.39, 0.29) is 5.92 Å². The van der Waals surface area contributed by atoms with Gasteiger partial charge in [-0.3, -0.25) is 5.10 Å². The number of aliphatic imine (C=N–C) groups is 1. The molecule has 0 amide bonds. The summed E-state index contributed by atoms with van der Waals surface area (Å²) in [5.41, 5.74) is 0.977. The summed E-state index contributed by atoms with van der Waals surface area (Å²) >= 11 is 0. The Morgan fingerprint density at radius 2 is 2.08 bits per heavy atom. The van der Waals surface area contributed by atoms with Gasteiger partial charge in [0.15, 0.2) is 5.96 Å². The molecule has 1 unspecified atom stereocenters. The Bertz CT molecular complexity index is 695. The fraction of sp³-hybridized carbons (Fsp3) is 0.444. The Hall–Kier alpha value is -2.51. The first-order valence-electron chi connectivity index (χ1n) is 8.57. The van der Waals surface area contributed by atoms with Crippen molar-refractivity contribution in [2.24, 2.45) is 4.99 Å². The van der Waals surface area contributed by atoms with Crippen LogP contribution in [0.1, 0.15) is 43.0 Å². The predicted molar refractivity (Wildman–Crippen MR) is 95.9 cm³/mol. The number of hydrogen-bond donors (Lipinski definition) is 3. The molecule has 0 aliphatic carbocycles. The number of rotatable bonds is 7. The minimum absolute atomic E-state index is 0.000263. The smallest absolute Gasteiger partial charge is 0.357 e. The van der Waals surface area contributed by atoms with Crippen molar-refractivity contribution in [1.29, 1.82) is 0 Å². The fourth-order valence-electron chi connectivity index (χ4n) is 2.47. The van der Waals surface area contributed by atoms with Crippen LogP contribution in [0, 0.1) is 0 Å². The molecule has 1 heterocycles. The maximum atomic E-state index is 12.8. The lowest BCUT2D eigenvalue weighted by molar-refractivity contribution is -0.137. The molecule has 0 bridgehead atoms. The van der Waals surface area contributed by atoms with Crippen LogP contribution in [0.3, 0.4) is 0 Å². The summed E-state index contributed by atoms with van der Waals surface area (Å²) in [5, 5.41) is 13.1. The molecular formula is C18H24F3N5. The largest absolute Gasteiger partial charge is 0.416 e. The van der Waals surface area contributed by atoms with Crippen LogP contribution in [-0.2, 0) is 12.7 Å². The highest BCUT2D eigenvalue weighted by molar-refractivity contribution is 5.79. The normalized spacial score (nSPS) is 13.5. The van der Waals surface area contributed by atoms with E-state index >= 15 is 0 Å². The lowest BCUT2D eigenvalue weighted by atomic mass is 9.96. The fourth-order valence-corrected chi connectivity index (χ4v) is 2.47. The van der Waals surface area contributed by atoms with Gasteiger partial charge in [-0.1, -0.05) is 25.1 Å². The van der Waals surface area contributed by atoms with Crippen LogP contribution in [0.4, 0.5) is 13.2 Å². The Morgan fingerprint density at radius 3 is 2.73 bits per heavy atom. The second kappa shape index (κ2) is 9.26. The molecule has 2 aromatic rings. The van der Waals surface area contributed by atoms with E-state index in [4.69, 9.17) is 0 Å². The van der Waals surface area contributed by atoms with Crippen LogP contribution in [0.2, 0.25) is 0 Å². The molecule has 142 valence electrons. The zero-order chi connectivity index (χ0) is 19.0. The Labute approximate surface area is 151 Å². The number of alkyl halides is 3. The van der Waals surface area contributed by atoms with Gasteiger partial charge in [0.05, 0.1) is 17.8 Å². The molecule has 0 aliphatic rings. The highest BCUT2D eigenvalue weighted by Crippen LogP contribution is 2.31. The summed E-state index contributed by atoms with van der Waals surface area (Å²) in [4.78, 5) is 4.45. The van der Waals surface area contributed by atoms with Gasteiger partial charge in [0.25, 0.3) is 0 Å². The van der Waals surface area contributed by atoms with Crippen molar-refractivity contribution in [2.75, 3.05) is 13.1 Å². The zero-order valence-corrected chi connectivity index (χ0v) is 14.9. The summed E-state index contributed by atoms with van der Waals surface area (Å²) in [7, 11) is 0. The topological polar surface area (TPSA) is 65.1 Å². The zero-order valence-electron chi connectivity index (χ0n) is 14.9. The molecule has 0 saturated carbocycles. The van der Waals surface area contributed by atoms with Gasteiger partial charge in [-0.25, -0.2) is 4.99 Å². The van der Waals surface area contributed by atoms with Crippen molar-refractivity contribution in [3.63, 3.8) is 0 Å². The average molecular weight is 367 g/mol. The predicted octanol–water partition coefficient (Wildman–Crippen LogP) is 3.68. The van der Waals surface area contributed by atoms with Gasteiger partial charge in [0, 0.05) is 19.3 Å². The molecule has 1 aromatic carbocycles. The maximum Gasteiger partial charge on any atom is 0.416 e. The summed E-state index contributed by atoms with van der Waals surface area (Å²) in [6, 6.07) is 7.36. The molecule has 0 saturated heterocycles. The van der Waals surface area contributed by atoms with E-state index in [2.05, 4.69) is 25.8 Å². The summed E-state index contributed by atoms with van der Waals surface area (Å²) in [6.45, 7) is 5.69. The van der Waals surface area contributed by atoms with E-state index < -0.39 is 11.7 Å².